The van der Waals surface area contributed by atoms with Crippen LogP contribution in [0.1, 0.15) is 30.9 Å². The molecule has 0 spiro atoms. The van der Waals surface area contributed by atoms with Crippen LogP contribution in [0.3, 0.4) is 0 Å². The normalized spacial score (nSPS) is 19.1. The van der Waals surface area contributed by atoms with Gasteiger partial charge in [-0.3, -0.25) is 19.5 Å². The second-order valence-corrected chi connectivity index (χ2v) is 5.29. The quantitative estimate of drug-likeness (QED) is 0.742. The molecule has 2 rings (SSSR count). The predicted octanol–water partition coefficient (Wildman–Crippen LogP) is 0.969. The Hall–Kier alpha value is -1.99. The number of nitrogens with two attached hydrogens (primary N) is 1. The summed E-state index contributed by atoms with van der Waals surface area (Å²) in [5.74, 6) is -3.26. The molecule has 1 saturated heterocycles. The lowest BCUT2D eigenvalue weighted by molar-refractivity contribution is -0.147. The van der Waals surface area contributed by atoms with Crippen LogP contribution in [-0.2, 0) is 9.59 Å². The zero-order valence-electron chi connectivity index (χ0n) is 12.7. The van der Waals surface area contributed by atoms with Gasteiger partial charge in [0.15, 0.2) is 0 Å². The number of likely N-dealkylation sites (tertiary alicyclic amines) is 1. The first kappa shape index (κ1) is 18.1. The van der Waals surface area contributed by atoms with Crippen LogP contribution in [0.5, 0.6) is 0 Å². The Bertz CT molecular complexity index is 481. The molecule has 2 atom stereocenters. The average Bonchev–Trinajstić information content (AvgIpc) is 2.92. The minimum absolute atomic E-state index is 0.137. The van der Waals surface area contributed by atoms with E-state index in [1.54, 1.807) is 0 Å². The lowest BCUT2D eigenvalue weighted by Crippen LogP contribution is -2.25. The lowest BCUT2D eigenvalue weighted by atomic mass is 10.1. The molecular formula is C15H23N3O4. The van der Waals surface area contributed by atoms with Crippen LogP contribution in [0, 0.1) is 5.92 Å². The molecule has 2 unspecified atom stereocenters. The summed E-state index contributed by atoms with van der Waals surface area (Å²) in [6.07, 6.45) is 6.00. The zero-order valence-corrected chi connectivity index (χ0v) is 12.7. The summed E-state index contributed by atoms with van der Waals surface area (Å²) in [6, 6.07) is 4.79. The van der Waals surface area contributed by atoms with Crippen LogP contribution in [0.2, 0.25) is 0 Å². The fourth-order valence-electron chi connectivity index (χ4n) is 2.39. The third kappa shape index (κ3) is 5.79. The molecule has 0 bridgehead atoms. The Morgan fingerprint density at radius 2 is 2.23 bits per heavy atom. The predicted molar refractivity (Wildman–Crippen MR) is 81.3 cm³/mol. The van der Waals surface area contributed by atoms with E-state index < -0.39 is 24.3 Å². The molecule has 22 heavy (non-hydrogen) atoms. The smallest absolute Gasteiger partial charge is 0.308 e. The van der Waals surface area contributed by atoms with Gasteiger partial charge < -0.3 is 15.9 Å². The topological polar surface area (TPSA) is 117 Å². The standard InChI is InChI=1S/C10H14N2.C5H9NO4/c1-12-7-3-5-10(12)9-4-2-6-11-8-9;6-2-3(5(9)10)1-4(7)8/h2,4,6,8,10H,3,5,7H2,1H3;3H,1-2,6H2,(H,7,8)(H,9,10). The molecule has 0 radical (unpaired) electrons. The number of hydrogen-bond acceptors (Lipinski definition) is 5. The summed E-state index contributed by atoms with van der Waals surface area (Å²) in [6.45, 7) is 1.08. The van der Waals surface area contributed by atoms with E-state index in [1.807, 2.05) is 18.5 Å². The fraction of sp³-hybridized carbons (Fsp3) is 0.533. The first-order valence-electron chi connectivity index (χ1n) is 7.20. The number of nitrogens with zero attached hydrogens (tertiary/aromatic N) is 2. The van der Waals surface area contributed by atoms with Crippen molar-refractivity contribution in [2.45, 2.75) is 25.3 Å². The number of aromatic nitrogens is 1. The Labute approximate surface area is 129 Å². The minimum Gasteiger partial charge on any atom is -0.481 e. The molecule has 2 heterocycles. The maximum atomic E-state index is 10.1. The summed E-state index contributed by atoms with van der Waals surface area (Å²) >= 11 is 0. The Kier molecular flexibility index (Phi) is 7.48. The summed E-state index contributed by atoms with van der Waals surface area (Å²) < 4.78 is 0. The number of pyridine rings is 1. The van der Waals surface area contributed by atoms with Crippen LogP contribution in [0.15, 0.2) is 24.5 Å². The van der Waals surface area contributed by atoms with Crippen molar-refractivity contribution >= 4 is 11.9 Å². The van der Waals surface area contributed by atoms with Crippen LogP contribution in [0.25, 0.3) is 0 Å². The van der Waals surface area contributed by atoms with E-state index in [2.05, 4.69) is 23.0 Å². The van der Waals surface area contributed by atoms with Crippen molar-refractivity contribution in [1.29, 1.82) is 0 Å². The van der Waals surface area contributed by atoms with Gasteiger partial charge in [0.25, 0.3) is 0 Å². The van der Waals surface area contributed by atoms with E-state index in [9.17, 15) is 9.59 Å². The van der Waals surface area contributed by atoms with Gasteiger partial charge in [-0.05, 0) is 38.1 Å². The van der Waals surface area contributed by atoms with Gasteiger partial charge >= 0.3 is 11.9 Å². The van der Waals surface area contributed by atoms with E-state index in [-0.39, 0.29) is 6.54 Å². The third-order valence-electron chi connectivity index (χ3n) is 3.64. The van der Waals surface area contributed by atoms with Gasteiger partial charge in [0, 0.05) is 25.0 Å². The Morgan fingerprint density at radius 1 is 1.50 bits per heavy atom. The first-order chi connectivity index (χ1) is 10.5. The van der Waals surface area contributed by atoms with E-state index in [0.717, 1.165) is 0 Å². The number of aliphatic carboxylic acids is 2. The number of carboxylic acid groups (broad SMARTS) is 2. The van der Waals surface area contributed by atoms with E-state index in [1.165, 1.54) is 24.9 Å². The monoisotopic (exact) mass is 309 g/mol. The number of rotatable bonds is 5. The van der Waals surface area contributed by atoms with Gasteiger partial charge in [-0.2, -0.15) is 0 Å². The van der Waals surface area contributed by atoms with Crippen molar-refractivity contribution in [2.75, 3.05) is 20.1 Å². The third-order valence-corrected chi connectivity index (χ3v) is 3.64. The number of hydrogen-bond donors (Lipinski definition) is 3. The van der Waals surface area contributed by atoms with Crippen LogP contribution < -0.4 is 5.73 Å². The molecule has 7 nitrogen and oxygen atoms in total. The molecule has 0 saturated carbocycles. The second kappa shape index (κ2) is 9.11. The van der Waals surface area contributed by atoms with Crippen molar-refractivity contribution in [3.63, 3.8) is 0 Å². The molecule has 1 fully saturated rings. The SMILES string of the molecule is CN1CCCC1c1cccnc1.NCC(CC(=O)O)C(=O)O. The molecule has 1 aromatic heterocycles. The Balaban J connectivity index is 0.000000225. The largest absolute Gasteiger partial charge is 0.481 e. The van der Waals surface area contributed by atoms with E-state index in [0.29, 0.717) is 6.04 Å². The van der Waals surface area contributed by atoms with Crippen molar-refractivity contribution in [3.05, 3.63) is 30.1 Å². The highest BCUT2D eigenvalue weighted by molar-refractivity contribution is 5.77. The zero-order chi connectivity index (χ0) is 16.5. The number of carboxylic acids is 2. The molecule has 7 heteroatoms. The molecule has 4 N–H and O–H groups in total. The maximum absolute atomic E-state index is 10.1. The van der Waals surface area contributed by atoms with Gasteiger partial charge in [-0.1, -0.05) is 6.07 Å². The summed E-state index contributed by atoms with van der Waals surface area (Å²) in [5, 5.41) is 16.4. The maximum Gasteiger partial charge on any atom is 0.308 e. The van der Waals surface area contributed by atoms with E-state index in [4.69, 9.17) is 15.9 Å². The average molecular weight is 309 g/mol. The van der Waals surface area contributed by atoms with Gasteiger partial charge in [0.2, 0.25) is 0 Å². The minimum atomic E-state index is -1.16. The molecule has 0 amide bonds. The van der Waals surface area contributed by atoms with E-state index >= 15 is 0 Å². The van der Waals surface area contributed by atoms with Crippen LogP contribution >= 0.6 is 0 Å². The lowest BCUT2D eigenvalue weighted by Gasteiger charge is -2.18. The first-order valence-corrected chi connectivity index (χ1v) is 7.20. The van der Waals surface area contributed by atoms with Gasteiger partial charge in [0.1, 0.15) is 0 Å². The summed E-state index contributed by atoms with van der Waals surface area (Å²) in [7, 11) is 2.19. The molecule has 1 aromatic rings. The van der Waals surface area contributed by atoms with Gasteiger partial charge in [-0.15, -0.1) is 0 Å². The fourth-order valence-corrected chi connectivity index (χ4v) is 2.39. The molecule has 1 aliphatic rings. The molecule has 122 valence electrons. The van der Waals surface area contributed by atoms with Crippen molar-refractivity contribution < 1.29 is 19.8 Å². The summed E-state index contributed by atoms with van der Waals surface area (Å²) in [4.78, 5) is 26.6. The number of carbonyl (C=O) groups is 2. The highest BCUT2D eigenvalue weighted by Gasteiger charge is 2.22. The molecule has 0 aromatic carbocycles. The second-order valence-electron chi connectivity index (χ2n) is 5.29. The summed E-state index contributed by atoms with van der Waals surface area (Å²) in [5.41, 5.74) is 6.34. The highest BCUT2D eigenvalue weighted by atomic mass is 16.4. The Morgan fingerprint density at radius 3 is 2.59 bits per heavy atom. The van der Waals surface area contributed by atoms with Crippen molar-refractivity contribution in [2.24, 2.45) is 11.7 Å². The highest BCUT2D eigenvalue weighted by Crippen LogP contribution is 2.29. The molecule has 0 aliphatic carbocycles. The molecular weight excluding hydrogens is 286 g/mol. The van der Waals surface area contributed by atoms with Crippen molar-refractivity contribution in [1.82, 2.24) is 9.88 Å². The van der Waals surface area contributed by atoms with Crippen LogP contribution in [0.4, 0.5) is 0 Å². The van der Waals surface area contributed by atoms with Crippen molar-refractivity contribution in [3.8, 4) is 0 Å². The molecule has 1 aliphatic heterocycles. The van der Waals surface area contributed by atoms with Crippen LogP contribution in [-0.4, -0.2) is 52.2 Å². The van der Waals surface area contributed by atoms with Gasteiger partial charge in [0.05, 0.1) is 12.3 Å². The van der Waals surface area contributed by atoms with Gasteiger partial charge in [-0.25, -0.2) is 0 Å².